The minimum Gasteiger partial charge on any atom is -0.477 e. The fraction of sp³-hybridized carbons (Fsp3) is 0.583. The summed E-state index contributed by atoms with van der Waals surface area (Å²) < 4.78 is 32.8. The van der Waals surface area contributed by atoms with Crippen LogP contribution >= 0.6 is 0 Å². The van der Waals surface area contributed by atoms with Crippen LogP contribution in [0.15, 0.2) is 17.2 Å². The third-order valence-corrected chi connectivity index (χ3v) is 5.40. The van der Waals surface area contributed by atoms with E-state index in [4.69, 9.17) is 9.84 Å². The molecule has 1 unspecified atom stereocenters. The molecule has 0 radical (unpaired) electrons. The summed E-state index contributed by atoms with van der Waals surface area (Å²) in [6.45, 7) is 3.07. The van der Waals surface area contributed by atoms with Crippen molar-refractivity contribution in [2.75, 3.05) is 20.3 Å². The molecule has 1 N–H and O–H groups in total. The molecule has 2 rings (SSSR count). The number of hydrogen-bond donors (Lipinski definition) is 1. The minimum atomic E-state index is -3.70. The van der Waals surface area contributed by atoms with Gasteiger partial charge in [-0.2, -0.15) is 4.31 Å². The number of carboxylic acid groups (broad SMARTS) is 1. The number of aromatic nitrogens is 1. The van der Waals surface area contributed by atoms with Crippen LogP contribution in [0.5, 0.6) is 0 Å². The molecule has 1 aromatic rings. The van der Waals surface area contributed by atoms with Crippen LogP contribution in [0.25, 0.3) is 0 Å². The lowest BCUT2D eigenvalue weighted by molar-refractivity contribution is 0.0685. The second-order valence-electron chi connectivity index (χ2n) is 4.69. The second kappa shape index (κ2) is 5.55. The van der Waals surface area contributed by atoms with E-state index in [1.54, 1.807) is 6.92 Å². The van der Waals surface area contributed by atoms with E-state index < -0.39 is 16.0 Å². The zero-order valence-corrected chi connectivity index (χ0v) is 12.3. The van der Waals surface area contributed by atoms with Gasteiger partial charge in [-0.1, -0.05) is 0 Å². The van der Waals surface area contributed by atoms with Gasteiger partial charge in [0.25, 0.3) is 0 Å². The van der Waals surface area contributed by atoms with E-state index in [0.29, 0.717) is 26.2 Å². The van der Waals surface area contributed by atoms with E-state index in [0.717, 1.165) is 0 Å². The van der Waals surface area contributed by atoms with Crippen molar-refractivity contribution in [2.24, 2.45) is 0 Å². The monoisotopic (exact) mass is 302 g/mol. The number of carbonyl (C=O) groups is 1. The van der Waals surface area contributed by atoms with E-state index in [-0.39, 0.29) is 16.6 Å². The average molecular weight is 302 g/mol. The molecule has 0 aliphatic carbocycles. The van der Waals surface area contributed by atoms with Gasteiger partial charge in [0.1, 0.15) is 10.6 Å². The maximum atomic E-state index is 12.5. The maximum Gasteiger partial charge on any atom is 0.352 e. The molecule has 1 atom stereocenters. The van der Waals surface area contributed by atoms with Gasteiger partial charge in [0, 0.05) is 26.4 Å². The van der Waals surface area contributed by atoms with Crippen molar-refractivity contribution in [3.63, 3.8) is 0 Å². The Morgan fingerprint density at radius 3 is 2.75 bits per heavy atom. The SMILES string of the molecule is CCn1cc(S(=O)(=O)N(C)C2CCOC2)cc1C(=O)O. The highest BCUT2D eigenvalue weighted by Gasteiger charge is 2.32. The number of aromatic carboxylic acids is 1. The van der Waals surface area contributed by atoms with Crippen molar-refractivity contribution in [1.82, 2.24) is 8.87 Å². The molecule has 7 nitrogen and oxygen atoms in total. The molecule has 0 bridgehead atoms. The first-order valence-electron chi connectivity index (χ1n) is 6.37. The first-order valence-corrected chi connectivity index (χ1v) is 7.81. The molecule has 20 heavy (non-hydrogen) atoms. The Balaban J connectivity index is 2.36. The molecule has 1 aliphatic rings. The molecule has 1 aromatic heterocycles. The Bertz CT molecular complexity index is 601. The fourth-order valence-electron chi connectivity index (χ4n) is 2.24. The van der Waals surface area contributed by atoms with Gasteiger partial charge in [0.05, 0.1) is 12.6 Å². The summed E-state index contributed by atoms with van der Waals surface area (Å²) >= 11 is 0. The minimum absolute atomic E-state index is 0.00569. The lowest BCUT2D eigenvalue weighted by Gasteiger charge is -2.21. The van der Waals surface area contributed by atoms with Crippen LogP contribution in [0.1, 0.15) is 23.8 Å². The zero-order chi connectivity index (χ0) is 14.9. The van der Waals surface area contributed by atoms with Gasteiger partial charge >= 0.3 is 5.97 Å². The van der Waals surface area contributed by atoms with Gasteiger partial charge < -0.3 is 14.4 Å². The van der Waals surface area contributed by atoms with Gasteiger partial charge in [0.15, 0.2) is 0 Å². The summed E-state index contributed by atoms with van der Waals surface area (Å²) in [5.41, 5.74) is -0.0258. The summed E-state index contributed by atoms with van der Waals surface area (Å²) in [6, 6.07) is 1.01. The Kier molecular flexibility index (Phi) is 4.17. The Morgan fingerprint density at radius 1 is 1.60 bits per heavy atom. The summed E-state index contributed by atoms with van der Waals surface area (Å²) in [4.78, 5) is 11.1. The Hall–Kier alpha value is -1.38. The number of sulfonamides is 1. The van der Waals surface area contributed by atoms with E-state index in [2.05, 4.69) is 0 Å². The third kappa shape index (κ3) is 2.58. The standard InChI is InChI=1S/C12H18N2O5S/c1-3-14-7-10(6-11(14)12(15)16)20(17,18)13(2)9-4-5-19-8-9/h6-7,9H,3-5,8H2,1-2H3,(H,15,16). The molecule has 112 valence electrons. The predicted molar refractivity (Wildman–Crippen MR) is 71.2 cm³/mol. The summed E-state index contributed by atoms with van der Waals surface area (Å²) in [5, 5.41) is 9.08. The number of likely N-dealkylation sites (N-methyl/N-ethyl adjacent to an activating group) is 1. The predicted octanol–water partition coefficient (Wildman–Crippen LogP) is 0.616. The molecule has 0 saturated carbocycles. The van der Waals surface area contributed by atoms with Crippen molar-refractivity contribution in [3.8, 4) is 0 Å². The van der Waals surface area contributed by atoms with Gasteiger partial charge in [-0.05, 0) is 19.4 Å². The molecule has 8 heteroatoms. The molecule has 0 aromatic carbocycles. The molecular weight excluding hydrogens is 284 g/mol. The quantitative estimate of drug-likeness (QED) is 0.861. The molecule has 1 aliphatic heterocycles. The molecular formula is C12H18N2O5S. The largest absolute Gasteiger partial charge is 0.477 e. The van der Waals surface area contributed by atoms with Crippen molar-refractivity contribution in [2.45, 2.75) is 30.8 Å². The lowest BCUT2D eigenvalue weighted by Crippen LogP contribution is -2.37. The van der Waals surface area contributed by atoms with Crippen molar-refractivity contribution < 1.29 is 23.1 Å². The van der Waals surface area contributed by atoms with E-state index in [9.17, 15) is 13.2 Å². The number of nitrogens with zero attached hydrogens (tertiary/aromatic N) is 2. The number of rotatable bonds is 5. The van der Waals surface area contributed by atoms with E-state index >= 15 is 0 Å². The molecule has 2 heterocycles. The summed E-state index contributed by atoms with van der Waals surface area (Å²) in [7, 11) is -2.20. The van der Waals surface area contributed by atoms with Crippen LogP contribution in [-0.2, 0) is 21.3 Å². The average Bonchev–Trinajstić information content (AvgIpc) is 3.06. The van der Waals surface area contributed by atoms with Crippen LogP contribution in [0.4, 0.5) is 0 Å². The maximum absolute atomic E-state index is 12.5. The van der Waals surface area contributed by atoms with Crippen LogP contribution in [-0.4, -0.2) is 54.7 Å². The topological polar surface area (TPSA) is 88.8 Å². The smallest absolute Gasteiger partial charge is 0.352 e. The van der Waals surface area contributed by atoms with Crippen LogP contribution in [0, 0.1) is 0 Å². The van der Waals surface area contributed by atoms with Crippen LogP contribution < -0.4 is 0 Å². The normalized spacial score (nSPS) is 19.6. The first kappa shape index (κ1) is 15.0. The Morgan fingerprint density at radius 2 is 2.30 bits per heavy atom. The van der Waals surface area contributed by atoms with Crippen LogP contribution in [0.3, 0.4) is 0 Å². The number of hydrogen-bond acceptors (Lipinski definition) is 4. The third-order valence-electron chi connectivity index (χ3n) is 3.53. The van der Waals surface area contributed by atoms with Crippen molar-refractivity contribution in [1.29, 1.82) is 0 Å². The highest BCUT2D eigenvalue weighted by atomic mass is 32.2. The van der Waals surface area contributed by atoms with Gasteiger partial charge in [-0.25, -0.2) is 13.2 Å². The second-order valence-corrected chi connectivity index (χ2v) is 6.69. The molecule has 0 spiro atoms. The van der Waals surface area contributed by atoms with Gasteiger partial charge in [-0.3, -0.25) is 0 Å². The first-order chi connectivity index (χ1) is 9.37. The highest BCUT2D eigenvalue weighted by molar-refractivity contribution is 7.89. The van der Waals surface area contributed by atoms with E-state index in [1.807, 2.05) is 0 Å². The van der Waals surface area contributed by atoms with Gasteiger partial charge in [0.2, 0.25) is 10.0 Å². The fourth-order valence-corrected chi connectivity index (χ4v) is 3.65. The zero-order valence-electron chi connectivity index (χ0n) is 11.4. The number of carboxylic acids is 1. The Labute approximate surface area is 117 Å². The summed E-state index contributed by atoms with van der Waals surface area (Å²) in [5.74, 6) is -1.14. The summed E-state index contributed by atoms with van der Waals surface area (Å²) in [6.07, 6.45) is 2.01. The van der Waals surface area contributed by atoms with Crippen molar-refractivity contribution in [3.05, 3.63) is 18.0 Å². The van der Waals surface area contributed by atoms with Crippen LogP contribution in [0.2, 0.25) is 0 Å². The molecule has 1 saturated heterocycles. The molecule has 1 fully saturated rings. The highest BCUT2D eigenvalue weighted by Crippen LogP contribution is 2.23. The van der Waals surface area contributed by atoms with E-state index in [1.165, 1.54) is 28.2 Å². The van der Waals surface area contributed by atoms with Crippen molar-refractivity contribution >= 4 is 16.0 Å². The number of ether oxygens (including phenoxy) is 1. The number of aryl methyl sites for hydroxylation is 1. The molecule has 0 amide bonds. The van der Waals surface area contributed by atoms with Gasteiger partial charge in [-0.15, -0.1) is 0 Å². The lowest BCUT2D eigenvalue weighted by atomic mass is 10.3.